The van der Waals surface area contributed by atoms with Crippen molar-refractivity contribution in [2.45, 2.75) is 50.9 Å². The van der Waals surface area contributed by atoms with Crippen LogP contribution < -0.4 is 10.1 Å². The lowest BCUT2D eigenvalue weighted by atomic mass is 10.1. The first-order valence-corrected chi connectivity index (χ1v) is 13.2. The molecule has 0 bridgehead atoms. The van der Waals surface area contributed by atoms with Crippen LogP contribution in [0.5, 0.6) is 5.88 Å². The van der Waals surface area contributed by atoms with Crippen LogP contribution in [-0.4, -0.2) is 30.7 Å². The zero-order valence-corrected chi connectivity index (χ0v) is 21.3. The average Bonchev–Trinajstić information content (AvgIpc) is 3.08. The standard InChI is InChI=1S/C26H27ClN6OS/c1-3-4-5-11-16-35-26-29-25-22(30-31-26)19-14-9-10-15-20(19)28-24(34-25)21-17(2)32-33(23(21)27)18-12-7-6-8-13-18/h6-10,12-15,24,28H,3-5,11,16H2,1-2H3/t24-/m0/s1. The zero-order valence-electron chi connectivity index (χ0n) is 19.7. The Morgan fingerprint density at radius 3 is 2.66 bits per heavy atom. The summed E-state index contributed by atoms with van der Waals surface area (Å²) < 4.78 is 8.17. The van der Waals surface area contributed by atoms with Gasteiger partial charge >= 0.3 is 0 Å². The van der Waals surface area contributed by atoms with Crippen molar-refractivity contribution >= 4 is 29.1 Å². The SMILES string of the molecule is CCCCCCSc1nnc2c(n1)O[C@@H](c1c(C)nn(-c3ccccc3)c1Cl)Nc1ccccc1-2. The number of unbranched alkanes of at least 4 members (excludes halogenated alkanes) is 3. The number of nitrogens with zero attached hydrogens (tertiary/aromatic N) is 5. The van der Waals surface area contributed by atoms with Gasteiger partial charge in [-0.2, -0.15) is 10.1 Å². The summed E-state index contributed by atoms with van der Waals surface area (Å²) in [5.41, 5.74) is 4.77. The van der Waals surface area contributed by atoms with E-state index in [0.29, 0.717) is 21.9 Å². The smallest absolute Gasteiger partial charge is 0.247 e. The van der Waals surface area contributed by atoms with Crippen molar-refractivity contribution in [3.8, 4) is 22.8 Å². The second kappa shape index (κ2) is 10.7. The van der Waals surface area contributed by atoms with Gasteiger partial charge < -0.3 is 10.1 Å². The molecule has 0 fully saturated rings. The summed E-state index contributed by atoms with van der Waals surface area (Å²) >= 11 is 8.48. The maximum atomic E-state index is 6.87. The van der Waals surface area contributed by atoms with Crippen molar-refractivity contribution in [1.82, 2.24) is 25.0 Å². The Morgan fingerprint density at radius 1 is 1.03 bits per heavy atom. The molecular formula is C26H27ClN6OS. The molecule has 9 heteroatoms. The minimum atomic E-state index is -0.596. The van der Waals surface area contributed by atoms with E-state index in [1.165, 1.54) is 19.3 Å². The predicted octanol–water partition coefficient (Wildman–Crippen LogP) is 6.86. The fourth-order valence-corrected chi connectivity index (χ4v) is 5.23. The predicted molar refractivity (Wildman–Crippen MR) is 140 cm³/mol. The molecule has 0 spiro atoms. The summed E-state index contributed by atoms with van der Waals surface area (Å²) in [5.74, 6) is 1.38. The molecule has 0 aliphatic carbocycles. The molecule has 1 atom stereocenters. The van der Waals surface area contributed by atoms with Gasteiger partial charge in [0.1, 0.15) is 5.15 Å². The Hall–Kier alpha value is -3.10. The molecule has 2 aromatic carbocycles. The fraction of sp³-hybridized carbons (Fsp3) is 0.308. The molecule has 1 N–H and O–H groups in total. The molecule has 2 aromatic heterocycles. The van der Waals surface area contributed by atoms with E-state index in [0.717, 1.165) is 40.4 Å². The van der Waals surface area contributed by atoms with Crippen molar-refractivity contribution in [1.29, 1.82) is 0 Å². The minimum absolute atomic E-state index is 0.432. The Bertz CT molecular complexity index is 1310. The van der Waals surface area contributed by atoms with Crippen LogP contribution in [0.3, 0.4) is 0 Å². The van der Waals surface area contributed by atoms with E-state index in [-0.39, 0.29) is 0 Å². The second-order valence-electron chi connectivity index (χ2n) is 8.38. The van der Waals surface area contributed by atoms with Gasteiger partial charge in [-0.05, 0) is 31.5 Å². The number of hydrogen-bond acceptors (Lipinski definition) is 7. The van der Waals surface area contributed by atoms with Gasteiger partial charge in [0.2, 0.25) is 17.3 Å². The molecular weight excluding hydrogens is 480 g/mol. The average molecular weight is 507 g/mol. The summed E-state index contributed by atoms with van der Waals surface area (Å²) in [7, 11) is 0. The van der Waals surface area contributed by atoms with Gasteiger partial charge in [0.05, 0.1) is 16.9 Å². The number of fused-ring (bicyclic) bond motifs is 3. The summed E-state index contributed by atoms with van der Waals surface area (Å²) in [4.78, 5) is 4.75. The van der Waals surface area contributed by atoms with Crippen LogP contribution in [0, 0.1) is 6.92 Å². The Morgan fingerprint density at radius 2 is 1.83 bits per heavy atom. The van der Waals surface area contributed by atoms with Crippen LogP contribution >= 0.6 is 23.4 Å². The highest BCUT2D eigenvalue weighted by Crippen LogP contribution is 2.41. The third-order valence-corrected chi connectivity index (χ3v) is 7.16. The molecule has 3 heterocycles. The molecule has 0 radical (unpaired) electrons. The molecule has 0 unspecified atom stereocenters. The normalized spacial score (nSPS) is 14.4. The largest absolute Gasteiger partial charge is 0.447 e. The highest BCUT2D eigenvalue weighted by atomic mass is 35.5. The summed E-state index contributed by atoms with van der Waals surface area (Å²) in [6.45, 7) is 4.14. The Balaban J connectivity index is 1.50. The van der Waals surface area contributed by atoms with E-state index in [1.54, 1.807) is 16.4 Å². The van der Waals surface area contributed by atoms with E-state index in [4.69, 9.17) is 26.4 Å². The van der Waals surface area contributed by atoms with Crippen LogP contribution in [-0.2, 0) is 0 Å². The minimum Gasteiger partial charge on any atom is -0.447 e. The summed E-state index contributed by atoms with van der Waals surface area (Å²) in [6, 6.07) is 17.7. The van der Waals surface area contributed by atoms with Gasteiger partial charge in [-0.25, -0.2) is 4.68 Å². The van der Waals surface area contributed by atoms with Crippen molar-refractivity contribution in [2.24, 2.45) is 0 Å². The van der Waals surface area contributed by atoms with E-state index < -0.39 is 6.23 Å². The van der Waals surface area contributed by atoms with E-state index in [1.807, 2.05) is 61.5 Å². The first-order valence-electron chi connectivity index (χ1n) is 11.9. The summed E-state index contributed by atoms with van der Waals surface area (Å²) in [5, 5.41) is 18.2. The molecule has 0 saturated carbocycles. The highest BCUT2D eigenvalue weighted by Gasteiger charge is 2.31. The molecule has 0 saturated heterocycles. The number of hydrogen-bond donors (Lipinski definition) is 1. The van der Waals surface area contributed by atoms with Crippen molar-refractivity contribution in [2.75, 3.05) is 11.1 Å². The van der Waals surface area contributed by atoms with Gasteiger partial charge in [-0.15, -0.1) is 10.2 Å². The monoisotopic (exact) mass is 506 g/mol. The lowest BCUT2D eigenvalue weighted by Gasteiger charge is -2.19. The van der Waals surface area contributed by atoms with Crippen LogP contribution in [0.1, 0.15) is 50.1 Å². The first-order chi connectivity index (χ1) is 17.2. The highest BCUT2D eigenvalue weighted by molar-refractivity contribution is 7.99. The maximum absolute atomic E-state index is 6.87. The molecule has 0 amide bonds. The molecule has 1 aliphatic rings. The van der Waals surface area contributed by atoms with Crippen molar-refractivity contribution < 1.29 is 4.74 Å². The van der Waals surface area contributed by atoms with Gasteiger partial charge in [0.15, 0.2) is 5.69 Å². The number of aryl methyl sites for hydroxylation is 1. The van der Waals surface area contributed by atoms with E-state index >= 15 is 0 Å². The van der Waals surface area contributed by atoms with Crippen molar-refractivity contribution in [3.05, 3.63) is 71.0 Å². The maximum Gasteiger partial charge on any atom is 0.247 e. The number of anilines is 1. The number of halogens is 1. The molecule has 35 heavy (non-hydrogen) atoms. The van der Waals surface area contributed by atoms with Crippen LogP contribution in [0.4, 0.5) is 5.69 Å². The Kier molecular flexibility index (Phi) is 7.20. The summed E-state index contributed by atoms with van der Waals surface area (Å²) in [6.07, 6.45) is 4.20. The number of nitrogens with one attached hydrogen (secondary N) is 1. The van der Waals surface area contributed by atoms with Gasteiger partial charge in [-0.3, -0.25) is 0 Å². The van der Waals surface area contributed by atoms with Gasteiger partial charge in [-0.1, -0.05) is 85.9 Å². The number of ether oxygens (including phenoxy) is 1. The van der Waals surface area contributed by atoms with E-state index in [2.05, 4.69) is 22.4 Å². The molecule has 180 valence electrons. The third-order valence-electron chi connectivity index (χ3n) is 5.87. The lowest BCUT2D eigenvalue weighted by Crippen LogP contribution is -2.18. The first kappa shape index (κ1) is 23.6. The van der Waals surface area contributed by atoms with Crippen LogP contribution in [0.25, 0.3) is 16.9 Å². The van der Waals surface area contributed by atoms with Gasteiger partial charge in [0, 0.05) is 17.0 Å². The fourth-order valence-electron chi connectivity index (χ4n) is 4.08. The molecule has 7 nitrogen and oxygen atoms in total. The van der Waals surface area contributed by atoms with Gasteiger partial charge in [0.25, 0.3) is 0 Å². The lowest BCUT2D eigenvalue weighted by molar-refractivity contribution is 0.224. The topological polar surface area (TPSA) is 77.8 Å². The zero-order chi connectivity index (χ0) is 24.2. The molecule has 5 rings (SSSR count). The van der Waals surface area contributed by atoms with Crippen LogP contribution in [0.2, 0.25) is 5.15 Å². The molecule has 4 aromatic rings. The number of thioether (sulfide) groups is 1. The number of aromatic nitrogens is 5. The number of para-hydroxylation sites is 2. The number of benzene rings is 2. The second-order valence-corrected chi connectivity index (χ2v) is 9.80. The van der Waals surface area contributed by atoms with Crippen LogP contribution in [0.15, 0.2) is 59.8 Å². The molecule has 1 aliphatic heterocycles. The Labute approximate surface area is 214 Å². The van der Waals surface area contributed by atoms with Crippen molar-refractivity contribution in [3.63, 3.8) is 0 Å². The van der Waals surface area contributed by atoms with E-state index in [9.17, 15) is 0 Å². The third kappa shape index (κ3) is 4.99. The quantitative estimate of drug-likeness (QED) is 0.206. The number of rotatable bonds is 8.